The molecule has 0 saturated heterocycles. The number of hydrogen-bond acceptors (Lipinski definition) is 4. The summed E-state index contributed by atoms with van der Waals surface area (Å²) in [5.41, 5.74) is 3.69. The molecular weight excluding hydrogens is 474 g/mol. The van der Waals surface area contributed by atoms with Gasteiger partial charge in [0, 0.05) is 25.1 Å². The number of nitrogens with zero attached hydrogens (tertiary/aromatic N) is 1. The number of para-hydroxylation sites is 1. The smallest absolute Gasteiger partial charge is 0.302 e. The number of esters is 1. The molecule has 0 aliphatic heterocycles. The molecule has 5 heteroatoms. The van der Waals surface area contributed by atoms with E-state index in [0.29, 0.717) is 13.2 Å². The summed E-state index contributed by atoms with van der Waals surface area (Å²) in [6, 6.07) is 13.7. The van der Waals surface area contributed by atoms with Crippen LogP contribution in [-0.4, -0.2) is 18.5 Å². The monoisotopic (exact) mass is 523 g/mol. The quantitative estimate of drug-likeness (QED) is 0.136. The van der Waals surface area contributed by atoms with Crippen molar-refractivity contribution in [1.82, 2.24) is 0 Å². The van der Waals surface area contributed by atoms with Crippen LogP contribution in [0, 0.1) is 6.92 Å². The zero-order chi connectivity index (χ0) is 27.6. The second-order valence-corrected chi connectivity index (χ2v) is 10.4. The SMILES string of the molecule is CCCCCCCCCCCCCCOc1c(C)cccc1CN(C(C)=O)c1cccc(COC(C)=O)c1. The van der Waals surface area contributed by atoms with Crippen molar-refractivity contribution in [3.8, 4) is 5.75 Å². The minimum Gasteiger partial charge on any atom is -0.493 e. The van der Waals surface area contributed by atoms with E-state index in [1.54, 1.807) is 11.8 Å². The normalized spacial score (nSPS) is 10.8. The number of anilines is 1. The van der Waals surface area contributed by atoms with Gasteiger partial charge in [-0.25, -0.2) is 0 Å². The largest absolute Gasteiger partial charge is 0.493 e. The molecule has 38 heavy (non-hydrogen) atoms. The van der Waals surface area contributed by atoms with E-state index in [0.717, 1.165) is 34.5 Å². The van der Waals surface area contributed by atoms with Crippen LogP contribution >= 0.6 is 0 Å². The second-order valence-electron chi connectivity index (χ2n) is 10.4. The zero-order valence-corrected chi connectivity index (χ0v) is 24.2. The predicted molar refractivity (Wildman–Crippen MR) is 157 cm³/mol. The van der Waals surface area contributed by atoms with Crippen LogP contribution in [0.2, 0.25) is 0 Å². The Labute approximate surface area is 230 Å². The number of unbranched alkanes of at least 4 members (excludes halogenated alkanes) is 11. The highest BCUT2D eigenvalue weighted by Gasteiger charge is 2.17. The van der Waals surface area contributed by atoms with Gasteiger partial charge >= 0.3 is 5.97 Å². The topological polar surface area (TPSA) is 55.8 Å². The molecule has 0 atom stereocenters. The summed E-state index contributed by atoms with van der Waals surface area (Å²) in [5.74, 6) is 0.495. The fourth-order valence-electron chi connectivity index (χ4n) is 4.72. The van der Waals surface area contributed by atoms with Crippen molar-refractivity contribution in [1.29, 1.82) is 0 Å². The molecule has 0 heterocycles. The summed E-state index contributed by atoms with van der Waals surface area (Å²) in [5, 5.41) is 0. The van der Waals surface area contributed by atoms with Crippen LogP contribution in [0.1, 0.15) is 115 Å². The van der Waals surface area contributed by atoms with E-state index in [9.17, 15) is 9.59 Å². The number of carbonyl (C=O) groups excluding carboxylic acids is 2. The molecule has 210 valence electrons. The summed E-state index contributed by atoms with van der Waals surface area (Å²) in [6.07, 6.45) is 15.8. The number of benzene rings is 2. The first-order chi connectivity index (χ1) is 18.4. The van der Waals surface area contributed by atoms with Gasteiger partial charge < -0.3 is 14.4 Å². The lowest BCUT2D eigenvalue weighted by Gasteiger charge is -2.24. The van der Waals surface area contributed by atoms with Crippen molar-refractivity contribution in [2.75, 3.05) is 11.5 Å². The number of rotatable bonds is 19. The Morgan fingerprint density at radius 1 is 0.789 bits per heavy atom. The van der Waals surface area contributed by atoms with Crippen LogP contribution in [0.5, 0.6) is 5.75 Å². The van der Waals surface area contributed by atoms with E-state index in [-0.39, 0.29) is 18.5 Å². The highest BCUT2D eigenvalue weighted by Crippen LogP contribution is 2.28. The molecule has 1 amide bonds. The first-order valence-corrected chi connectivity index (χ1v) is 14.6. The van der Waals surface area contributed by atoms with E-state index < -0.39 is 0 Å². The molecule has 0 aliphatic rings. The molecule has 2 aromatic carbocycles. The molecule has 0 aliphatic carbocycles. The fraction of sp³-hybridized carbons (Fsp3) is 0.576. The van der Waals surface area contributed by atoms with Crippen LogP contribution in [0.15, 0.2) is 42.5 Å². The lowest BCUT2D eigenvalue weighted by atomic mass is 10.1. The summed E-state index contributed by atoms with van der Waals surface area (Å²) < 4.78 is 11.4. The Balaban J connectivity index is 1.83. The molecule has 0 bridgehead atoms. The third kappa shape index (κ3) is 12.1. The van der Waals surface area contributed by atoms with Gasteiger partial charge in [0.05, 0.1) is 13.2 Å². The number of carbonyl (C=O) groups is 2. The maximum atomic E-state index is 12.6. The maximum Gasteiger partial charge on any atom is 0.302 e. The van der Waals surface area contributed by atoms with Crippen LogP contribution in [0.25, 0.3) is 0 Å². The molecule has 2 aromatic rings. The van der Waals surface area contributed by atoms with Crippen molar-refractivity contribution in [3.63, 3.8) is 0 Å². The molecule has 0 unspecified atom stereocenters. The van der Waals surface area contributed by atoms with Gasteiger partial charge in [0.2, 0.25) is 5.91 Å². The Bertz CT molecular complexity index is 971. The fourth-order valence-corrected chi connectivity index (χ4v) is 4.72. The predicted octanol–water partition coefficient (Wildman–Crippen LogP) is 8.69. The van der Waals surface area contributed by atoms with E-state index in [1.165, 1.54) is 77.6 Å². The summed E-state index contributed by atoms with van der Waals surface area (Å²) in [6.45, 7) is 8.58. The summed E-state index contributed by atoms with van der Waals surface area (Å²) >= 11 is 0. The Hall–Kier alpha value is -2.82. The van der Waals surface area contributed by atoms with Crippen molar-refractivity contribution in [2.45, 2.75) is 118 Å². The van der Waals surface area contributed by atoms with Crippen molar-refractivity contribution < 1.29 is 19.1 Å². The highest BCUT2D eigenvalue weighted by atomic mass is 16.5. The maximum absolute atomic E-state index is 12.6. The zero-order valence-electron chi connectivity index (χ0n) is 24.2. The first-order valence-electron chi connectivity index (χ1n) is 14.6. The molecule has 0 saturated carbocycles. The highest BCUT2D eigenvalue weighted by molar-refractivity contribution is 5.91. The average molecular weight is 524 g/mol. The number of amides is 1. The number of hydrogen-bond donors (Lipinski definition) is 0. The molecule has 0 N–H and O–H groups in total. The number of ether oxygens (including phenoxy) is 2. The Morgan fingerprint density at radius 2 is 1.39 bits per heavy atom. The molecule has 0 radical (unpaired) electrons. The van der Waals surface area contributed by atoms with Crippen molar-refractivity contribution in [2.24, 2.45) is 0 Å². The van der Waals surface area contributed by atoms with Crippen molar-refractivity contribution >= 4 is 17.6 Å². The van der Waals surface area contributed by atoms with Gasteiger partial charge in [-0.1, -0.05) is 108 Å². The average Bonchev–Trinajstić information content (AvgIpc) is 2.89. The molecule has 0 fully saturated rings. The molecule has 2 rings (SSSR count). The van der Waals surface area contributed by atoms with Gasteiger partial charge in [0.15, 0.2) is 0 Å². The third-order valence-corrected chi connectivity index (χ3v) is 6.91. The Kier molecular flexibility index (Phi) is 15.2. The minimum atomic E-state index is -0.325. The van der Waals surface area contributed by atoms with Gasteiger partial charge in [-0.2, -0.15) is 0 Å². The van der Waals surface area contributed by atoms with Gasteiger partial charge in [-0.3, -0.25) is 9.59 Å². The summed E-state index contributed by atoms with van der Waals surface area (Å²) in [7, 11) is 0. The lowest BCUT2D eigenvalue weighted by molar-refractivity contribution is -0.142. The van der Waals surface area contributed by atoms with Gasteiger partial charge in [-0.15, -0.1) is 0 Å². The molecular formula is C33H49NO4. The van der Waals surface area contributed by atoms with E-state index in [1.807, 2.05) is 36.4 Å². The Morgan fingerprint density at radius 3 is 2.00 bits per heavy atom. The molecule has 0 aromatic heterocycles. The van der Waals surface area contributed by atoms with E-state index in [2.05, 4.69) is 19.9 Å². The number of aryl methyl sites for hydroxylation is 1. The van der Waals surface area contributed by atoms with Crippen LogP contribution in [0.3, 0.4) is 0 Å². The third-order valence-electron chi connectivity index (χ3n) is 6.91. The van der Waals surface area contributed by atoms with Crippen LogP contribution in [-0.2, 0) is 27.5 Å². The first kappa shape index (κ1) is 31.4. The van der Waals surface area contributed by atoms with Crippen LogP contribution < -0.4 is 9.64 Å². The van der Waals surface area contributed by atoms with E-state index >= 15 is 0 Å². The van der Waals surface area contributed by atoms with Gasteiger partial charge in [0.1, 0.15) is 12.4 Å². The summed E-state index contributed by atoms with van der Waals surface area (Å²) in [4.78, 5) is 25.5. The molecule has 5 nitrogen and oxygen atoms in total. The van der Waals surface area contributed by atoms with Gasteiger partial charge in [0.25, 0.3) is 0 Å². The van der Waals surface area contributed by atoms with Gasteiger partial charge in [-0.05, 0) is 36.6 Å². The lowest BCUT2D eigenvalue weighted by Crippen LogP contribution is -2.28. The standard InChI is InChI=1S/C33H49NO4/c1-5-6-7-8-9-10-11-12-13-14-15-16-23-37-33-27(2)19-17-21-31(33)25-34(28(3)35)32-22-18-20-30(24-32)26-38-29(4)36/h17-22,24H,5-16,23,25-26H2,1-4H3. The second kappa shape index (κ2) is 18.4. The van der Waals surface area contributed by atoms with E-state index in [4.69, 9.17) is 9.47 Å². The van der Waals surface area contributed by atoms with Crippen molar-refractivity contribution in [3.05, 3.63) is 59.2 Å². The van der Waals surface area contributed by atoms with Crippen LogP contribution in [0.4, 0.5) is 5.69 Å². The minimum absolute atomic E-state index is 0.0527. The molecule has 0 spiro atoms.